The predicted molar refractivity (Wildman–Crippen MR) is 62.8 cm³/mol. The molecule has 0 saturated heterocycles. The van der Waals surface area contributed by atoms with Crippen LogP contribution in [0.2, 0.25) is 0 Å². The molecule has 1 heterocycles. The molecule has 2 N–H and O–H groups in total. The van der Waals surface area contributed by atoms with Gasteiger partial charge in [-0.25, -0.2) is 0 Å². The zero-order valence-electron chi connectivity index (χ0n) is 7.63. The number of anilines is 1. The first kappa shape index (κ1) is 8.91. The van der Waals surface area contributed by atoms with Gasteiger partial charge in [-0.05, 0) is 41.6 Å². The Balaban J connectivity index is 2.83. The molecule has 0 bridgehead atoms. The van der Waals surface area contributed by atoms with Crippen LogP contribution in [-0.2, 0) is 0 Å². The predicted octanol–water partition coefficient (Wildman–Crippen LogP) is 3.51. The van der Waals surface area contributed by atoms with Crippen molar-refractivity contribution in [3.05, 3.63) is 23.1 Å². The van der Waals surface area contributed by atoms with Crippen molar-refractivity contribution in [1.82, 2.24) is 0 Å². The topological polar surface area (TPSA) is 26.0 Å². The molecule has 13 heavy (non-hydrogen) atoms. The standard InChI is InChI=1S/C10H11NS2/c1-6-9(11)8(12-2)5-7-3-4-13-10(6)7/h3-5H,11H2,1-2H3. The van der Waals surface area contributed by atoms with Gasteiger partial charge >= 0.3 is 0 Å². The summed E-state index contributed by atoms with van der Waals surface area (Å²) in [6, 6.07) is 4.31. The summed E-state index contributed by atoms with van der Waals surface area (Å²) in [6.45, 7) is 2.09. The fourth-order valence-corrected chi connectivity index (χ4v) is 2.95. The number of hydrogen-bond acceptors (Lipinski definition) is 3. The first-order chi connectivity index (χ1) is 6.24. The van der Waals surface area contributed by atoms with Crippen LogP contribution in [0.5, 0.6) is 0 Å². The van der Waals surface area contributed by atoms with Gasteiger partial charge in [0.25, 0.3) is 0 Å². The molecule has 0 unspecified atom stereocenters. The van der Waals surface area contributed by atoms with Gasteiger partial charge < -0.3 is 5.73 Å². The quantitative estimate of drug-likeness (QED) is 0.574. The highest BCUT2D eigenvalue weighted by atomic mass is 32.2. The maximum absolute atomic E-state index is 6.00. The molecule has 2 aromatic rings. The van der Waals surface area contributed by atoms with Crippen LogP contribution in [0.3, 0.4) is 0 Å². The maximum atomic E-state index is 6.00. The van der Waals surface area contributed by atoms with E-state index in [0.29, 0.717) is 0 Å². The summed E-state index contributed by atoms with van der Waals surface area (Å²) in [5, 5.41) is 3.42. The average molecular weight is 209 g/mol. The van der Waals surface area contributed by atoms with E-state index in [-0.39, 0.29) is 0 Å². The third-order valence-corrected chi connectivity index (χ3v) is 4.04. The van der Waals surface area contributed by atoms with Crippen molar-refractivity contribution in [3.8, 4) is 0 Å². The minimum Gasteiger partial charge on any atom is -0.398 e. The highest BCUT2D eigenvalue weighted by Gasteiger charge is 2.07. The molecule has 0 aliphatic carbocycles. The summed E-state index contributed by atoms with van der Waals surface area (Å²) in [6.07, 6.45) is 2.06. The lowest BCUT2D eigenvalue weighted by molar-refractivity contribution is 1.43. The van der Waals surface area contributed by atoms with Crippen LogP contribution in [0, 0.1) is 6.92 Å². The van der Waals surface area contributed by atoms with E-state index >= 15 is 0 Å². The number of hydrogen-bond donors (Lipinski definition) is 1. The SMILES string of the molecule is CSc1cc2ccsc2c(C)c1N. The van der Waals surface area contributed by atoms with E-state index in [0.717, 1.165) is 5.69 Å². The van der Waals surface area contributed by atoms with Crippen LogP contribution in [-0.4, -0.2) is 6.26 Å². The van der Waals surface area contributed by atoms with Gasteiger partial charge in [0.2, 0.25) is 0 Å². The highest BCUT2D eigenvalue weighted by molar-refractivity contribution is 7.98. The number of rotatable bonds is 1. The van der Waals surface area contributed by atoms with Gasteiger partial charge in [0.15, 0.2) is 0 Å². The normalized spacial score (nSPS) is 10.9. The van der Waals surface area contributed by atoms with Gasteiger partial charge in [-0.2, -0.15) is 0 Å². The van der Waals surface area contributed by atoms with E-state index in [9.17, 15) is 0 Å². The number of benzene rings is 1. The van der Waals surface area contributed by atoms with Crippen molar-refractivity contribution in [2.75, 3.05) is 12.0 Å². The summed E-state index contributed by atoms with van der Waals surface area (Å²) >= 11 is 3.47. The minimum atomic E-state index is 0.933. The molecule has 0 spiro atoms. The largest absolute Gasteiger partial charge is 0.398 e. The van der Waals surface area contributed by atoms with Crippen LogP contribution < -0.4 is 5.73 Å². The van der Waals surface area contributed by atoms with Gasteiger partial charge in [0.1, 0.15) is 0 Å². The van der Waals surface area contributed by atoms with Crippen molar-refractivity contribution >= 4 is 38.9 Å². The molecular weight excluding hydrogens is 198 g/mol. The highest BCUT2D eigenvalue weighted by Crippen LogP contribution is 2.35. The van der Waals surface area contributed by atoms with E-state index in [2.05, 4.69) is 30.7 Å². The molecule has 0 aliphatic rings. The zero-order valence-corrected chi connectivity index (χ0v) is 9.26. The maximum Gasteiger partial charge on any atom is 0.0496 e. The number of aryl methyl sites for hydroxylation is 1. The smallest absolute Gasteiger partial charge is 0.0496 e. The molecule has 2 rings (SSSR count). The summed E-state index contributed by atoms with van der Waals surface area (Å²) < 4.78 is 1.32. The van der Waals surface area contributed by atoms with Crippen LogP contribution in [0.4, 0.5) is 5.69 Å². The fraction of sp³-hybridized carbons (Fsp3) is 0.200. The Kier molecular flexibility index (Phi) is 2.22. The van der Waals surface area contributed by atoms with E-state index < -0.39 is 0 Å². The second-order valence-electron chi connectivity index (χ2n) is 2.96. The van der Waals surface area contributed by atoms with Crippen LogP contribution in [0.25, 0.3) is 10.1 Å². The Hall–Kier alpha value is -0.670. The average Bonchev–Trinajstić information content (AvgIpc) is 2.59. The lowest BCUT2D eigenvalue weighted by Gasteiger charge is -2.06. The van der Waals surface area contributed by atoms with E-state index in [4.69, 9.17) is 5.73 Å². The zero-order chi connectivity index (χ0) is 9.42. The third-order valence-electron chi connectivity index (χ3n) is 2.21. The molecule has 1 nitrogen and oxygen atoms in total. The number of fused-ring (bicyclic) bond motifs is 1. The second kappa shape index (κ2) is 3.24. The summed E-state index contributed by atoms with van der Waals surface area (Å²) in [5.41, 5.74) is 8.16. The molecule has 1 aromatic carbocycles. The van der Waals surface area contributed by atoms with Gasteiger partial charge in [0, 0.05) is 15.3 Å². The first-order valence-corrected chi connectivity index (χ1v) is 6.14. The molecule has 0 atom stereocenters. The van der Waals surface area contributed by atoms with Gasteiger partial charge in [0.05, 0.1) is 0 Å². The summed E-state index contributed by atoms with van der Waals surface area (Å²) in [4.78, 5) is 1.18. The van der Waals surface area contributed by atoms with Crippen LogP contribution in [0.1, 0.15) is 5.56 Å². The molecule has 3 heteroatoms. The summed E-state index contributed by atoms with van der Waals surface area (Å²) in [5.74, 6) is 0. The van der Waals surface area contributed by atoms with Crippen molar-refractivity contribution < 1.29 is 0 Å². The molecule has 0 aliphatic heterocycles. The molecular formula is C10H11NS2. The Morgan fingerprint density at radius 2 is 2.23 bits per heavy atom. The molecule has 0 amide bonds. The van der Waals surface area contributed by atoms with Crippen LogP contribution in [0.15, 0.2) is 22.4 Å². The molecule has 0 saturated carbocycles. The Morgan fingerprint density at radius 3 is 2.92 bits per heavy atom. The fourth-order valence-electron chi connectivity index (χ4n) is 1.43. The monoisotopic (exact) mass is 209 g/mol. The molecule has 68 valence electrons. The van der Waals surface area contributed by atoms with Gasteiger partial charge in [-0.15, -0.1) is 23.1 Å². The lowest BCUT2D eigenvalue weighted by atomic mass is 10.1. The van der Waals surface area contributed by atoms with Gasteiger partial charge in [-0.3, -0.25) is 0 Å². The van der Waals surface area contributed by atoms with E-state index in [1.54, 1.807) is 23.1 Å². The van der Waals surface area contributed by atoms with Gasteiger partial charge in [-0.1, -0.05) is 0 Å². The number of thioether (sulfide) groups is 1. The van der Waals surface area contributed by atoms with Crippen molar-refractivity contribution in [2.24, 2.45) is 0 Å². The number of nitrogens with two attached hydrogens (primary N) is 1. The van der Waals surface area contributed by atoms with E-state index in [1.165, 1.54) is 20.5 Å². The second-order valence-corrected chi connectivity index (χ2v) is 4.72. The molecule has 0 fully saturated rings. The Labute approximate surface area is 85.9 Å². The van der Waals surface area contributed by atoms with Crippen molar-refractivity contribution in [1.29, 1.82) is 0 Å². The Morgan fingerprint density at radius 1 is 1.46 bits per heavy atom. The van der Waals surface area contributed by atoms with E-state index in [1.807, 2.05) is 0 Å². The number of thiophene rings is 1. The first-order valence-electron chi connectivity index (χ1n) is 4.04. The lowest BCUT2D eigenvalue weighted by Crippen LogP contribution is -1.91. The van der Waals surface area contributed by atoms with Crippen LogP contribution >= 0.6 is 23.1 Å². The minimum absolute atomic E-state index is 0.933. The number of nitrogen functional groups attached to an aromatic ring is 1. The van der Waals surface area contributed by atoms with Crippen molar-refractivity contribution in [3.63, 3.8) is 0 Å². The Bertz CT molecular complexity index is 445. The third kappa shape index (κ3) is 1.32. The summed E-state index contributed by atoms with van der Waals surface area (Å²) in [7, 11) is 0. The molecule has 1 aromatic heterocycles. The van der Waals surface area contributed by atoms with Crippen molar-refractivity contribution in [2.45, 2.75) is 11.8 Å². The molecule has 0 radical (unpaired) electrons.